The van der Waals surface area contributed by atoms with Crippen molar-refractivity contribution in [2.24, 2.45) is 5.73 Å². The first-order valence-corrected chi connectivity index (χ1v) is 13.9. The predicted octanol–water partition coefficient (Wildman–Crippen LogP) is 0.342. The van der Waals surface area contributed by atoms with Crippen LogP contribution < -0.4 is 16.4 Å². The molecule has 0 aliphatic rings. The largest absolute Gasteiger partial charge is 0.377 e. The van der Waals surface area contributed by atoms with Crippen molar-refractivity contribution < 1.29 is 38.0 Å². The van der Waals surface area contributed by atoms with Crippen molar-refractivity contribution in [3.63, 3.8) is 0 Å². The Labute approximate surface area is 232 Å². The maximum atomic E-state index is 11.5. The third-order valence-electron chi connectivity index (χ3n) is 5.09. The predicted molar refractivity (Wildman–Crippen MR) is 145 cm³/mol. The highest BCUT2D eigenvalue weighted by molar-refractivity contribution is 5.73. The Hall–Kier alpha value is -1.91. The van der Waals surface area contributed by atoms with Crippen LogP contribution in [0.15, 0.2) is 6.20 Å². The van der Waals surface area contributed by atoms with Gasteiger partial charge >= 0.3 is 6.03 Å². The minimum atomic E-state index is -0.151. The fourth-order valence-corrected chi connectivity index (χ4v) is 3.00. The highest BCUT2D eigenvalue weighted by Gasteiger charge is 2.00. The molecule has 0 radical (unpaired) electrons. The number of nitrogens with two attached hydrogens (primary N) is 1. The number of nitrogens with zero attached hydrogens (tertiary/aromatic N) is 3. The molecular weight excluding hydrogens is 512 g/mol. The van der Waals surface area contributed by atoms with Crippen molar-refractivity contribution in [1.82, 2.24) is 25.6 Å². The summed E-state index contributed by atoms with van der Waals surface area (Å²) in [7, 11) is 0. The molecule has 228 valence electrons. The number of hydrogen-bond donors (Lipinski definition) is 3. The zero-order valence-electron chi connectivity index (χ0n) is 23.6. The van der Waals surface area contributed by atoms with Crippen LogP contribution in [0.1, 0.15) is 31.9 Å². The molecule has 0 aromatic carbocycles. The van der Waals surface area contributed by atoms with E-state index in [1.54, 1.807) is 4.68 Å². The molecule has 0 atom stereocenters. The molecule has 0 aliphatic carbocycles. The first kappa shape index (κ1) is 35.1. The molecule has 0 aliphatic heterocycles. The number of unbranched alkanes of at least 4 members (excludes halogenated alkanes) is 2. The van der Waals surface area contributed by atoms with Crippen molar-refractivity contribution >= 4 is 6.03 Å². The van der Waals surface area contributed by atoms with Gasteiger partial charge in [0, 0.05) is 25.8 Å². The monoisotopic (exact) mass is 562 g/mol. The molecule has 14 heteroatoms. The smallest absolute Gasteiger partial charge is 0.314 e. The van der Waals surface area contributed by atoms with E-state index in [0.717, 1.165) is 25.0 Å². The second-order valence-electron chi connectivity index (χ2n) is 8.35. The lowest BCUT2D eigenvalue weighted by Gasteiger charge is -2.09. The van der Waals surface area contributed by atoms with E-state index in [-0.39, 0.29) is 6.03 Å². The number of ether oxygens (including phenoxy) is 7. The lowest BCUT2D eigenvalue weighted by atomic mass is 10.2. The van der Waals surface area contributed by atoms with Crippen LogP contribution >= 0.6 is 0 Å². The molecule has 1 rings (SSSR count). The fourth-order valence-electron chi connectivity index (χ4n) is 3.00. The molecule has 0 spiro atoms. The van der Waals surface area contributed by atoms with E-state index in [9.17, 15) is 4.79 Å². The van der Waals surface area contributed by atoms with Gasteiger partial charge in [-0.25, -0.2) is 9.48 Å². The second-order valence-corrected chi connectivity index (χ2v) is 8.35. The number of hydrogen-bond acceptors (Lipinski definition) is 11. The van der Waals surface area contributed by atoms with Gasteiger partial charge in [0.15, 0.2) is 0 Å². The van der Waals surface area contributed by atoms with Gasteiger partial charge in [-0.1, -0.05) is 25.0 Å². The molecule has 39 heavy (non-hydrogen) atoms. The molecule has 0 unspecified atom stereocenters. The topological polar surface area (TPSA) is 162 Å². The van der Waals surface area contributed by atoms with Gasteiger partial charge in [-0.2, -0.15) is 0 Å². The van der Waals surface area contributed by atoms with Crippen LogP contribution in [-0.4, -0.2) is 127 Å². The van der Waals surface area contributed by atoms with Crippen molar-refractivity contribution in [3.05, 3.63) is 11.9 Å². The number of amides is 2. The Kier molecular flexibility index (Phi) is 24.9. The molecule has 14 nitrogen and oxygen atoms in total. The van der Waals surface area contributed by atoms with Crippen LogP contribution in [0.3, 0.4) is 0 Å². The van der Waals surface area contributed by atoms with Crippen LogP contribution in [0.2, 0.25) is 0 Å². The molecule has 0 saturated carbocycles. The summed E-state index contributed by atoms with van der Waals surface area (Å²) in [6.45, 7) is 11.3. The summed E-state index contributed by atoms with van der Waals surface area (Å²) in [4.78, 5) is 11.5. The maximum Gasteiger partial charge on any atom is 0.314 e. The van der Waals surface area contributed by atoms with Crippen LogP contribution in [0.25, 0.3) is 0 Å². The van der Waals surface area contributed by atoms with Gasteiger partial charge in [0.2, 0.25) is 0 Å². The lowest BCUT2D eigenvalue weighted by Crippen LogP contribution is -2.37. The van der Waals surface area contributed by atoms with Crippen LogP contribution in [0.5, 0.6) is 0 Å². The Morgan fingerprint density at radius 3 is 1.64 bits per heavy atom. The average Bonchev–Trinajstić information content (AvgIpc) is 3.41. The maximum absolute atomic E-state index is 11.5. The Morgan fingerprint density at radius 2 is 1.18 bits per heavy atom. The van der Waals surface area contributed by atoms with E-state index in [1.807, 2.05) is 6.20 Å². The number of carbonyl (C=O) groups excluding carboxylic acids is 1. The highest BCUT2D eigenvalue weighted by Crippen LogP contribution is 1.92. The molecule has 2 amide bonds. The zero-order chi connectivity index (χ0) is 28.1. The molecule has 4 N–H and O–H groups in total. The quantitative estimate of drug-likeness (QED) is 0.115. The summed E-state index contributed by atoms with van der Waals surface area (Å²) >= 11 is 0. The summed E-state index contributed by atoms with van der Waals surface area (Å²) in [5.41, 5.74) is 6.26. The van der Waals surface area contributed by atoms with Gasteiger partial charge in [0.25, 0.3) is 0 Å². The number of urea groups is 1. The first-order chi connectivity index (χ1) is 19.3. The molecule has 1 aromatic rings. The normalized spacial score (nSPS) is 11.2. The zero-order valence-corrected chi connectivity index (χ0v) is 23.6. The molecule has 0 saturated heterocycles. The van der Waals surface area contributed by atoms with Gasteiger partial charge in [0.1, 0.15) is 0 Å². The lowest BCUT2D eigenvalue weighted by molar-refractivity contribution is -0.0206. The summed E-state index contributed by atoms with van der Waals surface area (Å²) in [6.07, 6.45) is 5.07. The van der Waals surface area contributed by atoms with Gasteiger partial charge in [-0.3, -0.25) is 0 Å². The fraction of sp³-hybridized carbons (Fsp3) is 0.880. The second kappa shape index (κ2) is 27.6. The van der Waals surface area contributed by atoms with Gasteiger partial charge in [0.05, 0.1) is 105 Å². The average molecular weight is 563 g/mol. The SMILES string of the molecule is CCCCCNC(=O)NCCOCCOCCOCCOCCOCCOCCOCCn1cc(CN)nn1. The van der Waals surface area contributed by atoms with E-state index >= 15 is 0 Å². The van der Waals surface area contributed by atoms with Crippen molar-refractivity contribution in [1.29, 1.82) is 0 Å². The van der Waals surface area contributed by atoms with Crippen LogP contribution in [0, 0.1) is 0 Å². The highest BCUT2D eigenvalue weighted by atomic mass is 16.6. The van der Waals surface area contributed by atoms with E-state index < -0.39 is 0 Å². The minimum absolute atomic E-state index is 0.151. The molecule has 0 fully saturated rings. The summed E-state index contributed by atoms with van der Waals surface area (Å²) in [5.74, 6) is 0. The number of nitrogens with one attached hydrogen (secondary N) is 2. The number of carbonyl (C=O) groups is 1. The molecule has 1 heterocycles. The molecular formula is C25H50N6O8. The van der Waals surface area contributed by atoms with Crippen LogP contribution in [-0.2, 0) is 46.2 Å². The Morgan fingerprint density at radius 1 is 0.718 bits per heavy atom. The minimum Gasteiger partial charge on any atom is -0.377 e. The summed E-state index contributed by atoms with van der Waals surface area (Å²) < 4.78 is 39.9. The van der Waals surface area contributed by atoms with Crippen molar-refractivity contribution in [2.75, 3.05) is 106 Å². The number of aromatic nitrogens is 3. The standard InChI is InChI=1S/C25H50N6O8/c1-2-3-4-5-27-25(32)28-6-8-33-10-12-35-14-16-37-18-20-39-21-19-38-17-15-36-13-11-34-9-7-31-23-24(22-26)29-30-31/h23H,2-22,26H2,1H3,(H2,27,28,32). The Bertz CT molecular complexity index is 670. The van der Waals surface area contributed by atoms with Gasteiger partial charge < -0.3 is 49.5 Å². The van der Waals surface area contributed by atoms with E-state index in [4.69, 9.17) is 38.9 Å². The third kappa shape index (κ3) is 23.7. The van der Waals surface area contributed by atoms with Crippen molar-refractivity contribution in [3.8, 4) is 0 Å². The first-order valence-electron chi connectivity index (χ1n) is 13.9. The summed E-state index contributed by atoms with van der Waals surface area (Å²) in [6, 6.07) is -0.151. The number of rotatable bonds is 29. The van der Waals surface area contributed by atoms with E-state index in [2.05, 4.69) is 27.9 Å². The molecule has 0 bridgehead atoms. The third-order valence-corrected chi connectivity index (χ3v) is 5.09. The van der Waals surface area contributed by atoms with Gasteiger partial charge in [-0.05, 0) is 6.42 Å². The van der Waals surface area contributed by atoms with E-state index in [1.165, 1.54) is 0 Å². The Balaban J connectivity index is 1.67. The van der Waals surface area contributed by atoms with Gasteiger partial charge in [-0.15, -0.1) is 5.10 Å². The van der Waals surface area contributed by atoms with Crippen LogP contribution in [0.4, 0.5) is 4.79 Å². The van der Waals surface area contributed by atoms with Crippen molar-refractivity contribution in [2.45, 2.75) is 39.3 Å². The van der Waals surface area contributed by atoms with E-state index in [0.29, 0.717) is 119 Å². The molecule has 1 aromatic heterocycles. The summed E-state index contributed by atoms with van der Waals surface area (Å²) in [5, 5.41) is 13.4.